The summed E-state index contributed by atoms with van der Waals surface area (Å²) in [5.74, 6) is -0.970. The molecule has 6 heteroatoms. The van der Waals surface area contributed by atoms with Gasteiger partial charge in [-0.15, -0.1) is 0 Å². The minimum atomic E-state index is -0.970. The lowest BCUT2D eigenvalue weighted by molar-refractivity contribution is -0.137. The number of alkyl carbamates (subject to hydrolysis) is 1. The van der Waals surface area contributed by atoms with Gasteiger partial charge < -0.3 is 15.2 Å². The zero-order chi connectivity index (χ0) is 13.8. The predicted octanol–water partition coefficient (Wildman–Crippen LogP) is 2.79. The van der Waals surface area contributed by atoms with Gasteiger partial charge in [0.2, 0.25) is 0 Å². The maximum atomic E-state index is 11.6. The molecule has 100 valence electrons. The maximum Gasteiger partial charge on any atom is 0.408 e. The number of carboxylic acids is 1. The number of carboxylic acid groups (broad SMARTS) is 1. The van der Waals surface area contributed by atoms with E-state index in [1.54, 1.807) is 26.8 Å². The number of carbonyl (C=O) groups is 2. The topological polar surface area (TPSA) is 75.6 Å². The first kappa shape index (κ1) is 14.5. The SMILES string of the molecule is CC(C)(C)OC(=O)N[C@@H](CC(=O)O)c1ccsc1. The highest BCUT2D eigenvalue weighted by Crippen LogP contribution is 2.20. The third-order valence-corrected chi connectivity index (χ3v) is 2.72. The molecule has 2 N–H and O–H groups in total. The number of hydrogen-bond acceptors (Lipinski definition) is 4. The van der Waals surface area contributed by atoms with E-state index >= 15 is 0 Å². The van der Waals surface area contributed by atoms with Gasteiger partial charge in [0.25, 0.3) is 0 Å². The van der Waals surface area contributed by atoms with Gasteiger partial charge in [0, 0.05) is 0 Å². The maximum absolute atomic E-state index is 11.6. The van der Waals surface area contributed by atoms with Crippen molar-refractivity contribution in [3.05, 3.63) is 22.4 Å². The molecule has 0 aromatic carbocycles. The molecular weight excluding hydrogens is 254 g/mol. The largest absolute Gasteiger partial charge is 0.481 e. The lowest BCUT2D eigenvalue weighted by atomic mass is 10.1. The van der Waals surface area contributed by atoms with Gasteiger partial charge in [-0.25, -0.2) is 4.79 Å². The zero-order valence-corrected chi connectivity index (χ0v) is 11.4. The molecule has 1 heterocycles. The van der Waals surface area contributed by atoms with Crippen LogP contribution in [0.4, 0.5) is 4.79 Å². The van der Waals surface area contributed by atoms with Gasteiger partial charge in [0.1, 0.15) is 5.60 Å². The number of ether oxygens (including phenoxy) is 1. The highest BCUT2D eigenvalue weighted by molar-refractivity contribution is 7.07. The van der Waals surface area contributed by atoms with Gasteiger partial charge in [-0.3, -0.25) is 4.79 Å². The molecule has 0 saturated heterocycles. The van der Waals surface area contributed by atoms with Crippen molar-refractivity contribution in [2.24, 2.45) is 0 Å². The lowest BCUT2D eigenvalue weighted by Gasteiger charge is -2.22. The Kier molecular flexibility index (Phi) is 4.72. The molecule has 0 spiro atoms. The van der Waals surface area contributed by atoms with Crippen molar-refractivity contribution < 1.29 is 19.4 Å². The summed E-state index contributed by atoms with van der Waals surface area (Å²) in [4.78, 5) is 22.4. The molecule has 1 aromatic rings. The third-order valence-electron chi connectivity index (χ3n) is 2.02. The van der Waals surface area contributed by atoms with E-state index in [0.29, 0.717) is 0 Å². The fraction of sp³-hybridized carbons (Fsp3) is 0.500. The van der Waals surface area contributed by atoms with Crippen molar-refractivity contribution in [3.63, 3.8) is 0 Å². The van der Waals surface area contributed by atoms with Crippen molar-refractivity contribution in [2.45, 2.75) is 38.8 Å². The normalized spacial score (nSPS) is 12.8. The number of amides is 1. The minimum absolute atomic E-state index is 0.171. The van der Waals surface area contributed by atoms with Crippen LogP contribution in [0.15, 0.2) is 16.8 Å². The van der Waals surface area contributed by atoms with Crippen molar-refractivity contribution >= 4 is 23.4 Å². The monoisotopic (exact) mass is 271 g/mol. The molecule has 1 aromatic heterocycles. The summed E-state index contributed by atoms with van der Waals surface area (Å²) in [6.45, 7) is 5.26. The second-order valence-electron chi connectivity index (χ2n) is 4.85. The van der Waals surface area contributed by atoms with Crippen LogP contribution >= 0.6 is 11.3 Å². The van der Waals surface area contributed by atoms with E-state index in [0.717, 1.165) is 5.56 Å². The minimum Gasteiger partial charge on any atom is -0.481 e. The molecular formula is C12H17NO4S. The number of thiophene rings is 1. The molecule has 5 nitrogen and oxygen atoms in total. The van der Waals surface area contributed by atoms with Crippen LogP contribution in [-0.4, -0.2) is 22.8 Å². The molecule has 0 aliphatic rings. The molecule has 1 rings (SSSR count). The second-order valence-corrected chi connectivity index (χ2v) is 5.63. The number of rotatable bonds is 4. The van der Waals surface area contributed by atoms with E-state index in [2.05, 4.69) is 5.32 Å². The summed E-state index contributed by atoms with van der Waals surface area (Å²) >= 11 is 1.45. The van der Waals surface area contributed by atoms with Crippen LogP contribution in [0.1, 0.15) is 38.8 Å². The lowest BCUT2D eigenvalue weighted by Crippen LogP contribution is -2.35. The third kappa shape index (κ3) is 5.18. The van der Waals surface area contributed by atoms with E-state index < -0.39 is 23.7 Å². The zero-order valence-electron chi connectivity index (χ0n) is 10.6. The highest BCUT2D eigenvalue weighted by Gasteiger charge is 2.22. The quantitative estimate of drug-likeness (QED) is 0.883. The van der Waals surface area contributed by atoms with Crippen LogP contribution in [0.2, 0.25) is 0 Å². The van der Waals surface area contributed by atoms with Gasteiger partial charge in [-0.2, -0.15) is 11.3 Å². The summed E-state index contributed by atoms with van der Waals surface area (Å²) in [5, 5.41) is 15.1. The summed E-state index contributed by atoms with van der Waals surface area (Å²) in [6, 6.07) is 1.22. The average Bonchev–Trinajstić information content (AvgIpc) is 2.64. The van der Waals surface area contributed by atoms with Crippen molar-refractivity contribution in [2.75, 3.05) is 0 Å². The van der Waals surface area contributed by atoms with Crippen LogP contribution < -0.4 is 5.32 Å². The predicted molar refractivity (Wildman–Crippen MR) is 68.7 cm³/mol. The Morgan fingerprint density at radius 1 is 1.50 bits per heavy atom. The van der Waals surface area contributed by atoms with Crippen LogP contribution in [-0.2, 0) is 9.53 Å². The molecule has 1 atom stereocenters. The first-order valence-corrected chi connectivity index (χ1v) is 6.45. The first-order chi connectivity index (χ1) is 8.28. The standard InChI is InChI=1S/C12H17NO4S/c1-12(2,3)17-11(16)13-9(6-10(14)15)8-4-5-18-7-8/h4-5,7,9H,6H2,1-3H3,(H,13,16)(H,14,15)/t9-/m0/s1. The number of hydrogen-bond donors (Lipinski definition) is 2. The molecule has 0 aliphatic heterocycles. The molecule has 0 bridgehead atoms. The molecule has 0 radical (unpaired) electrons. The summed E-state index contributed by atoms with van der Waals surface area (Å²) in [6.07, 6.45) is -0.782. The summed E-state index contributed by atoms with van der Waals surface area (Å²) in [7, 11) is 0. The average molecular weight is 271 g/mol. The summed E-state index contributed by atoms with van der Waals surface area (Å²) in [5.41, 5.74) is 0.167. The fourth-order valence-corrected chi connectivity index (χ4v) is 2.06. The van der Waals surface area contributed by atoms with Crippen LogP contribution in [0.25, 0.3) is 0 Å². The molecule has 1 amide bonds. The van der Waals surface area contributed by atoms with E-state index in [1.807, 2.05) is 10.8 Å². The van der Waals surface area contributed by atoms with Crippen molar-refractivity contribution in [1.29, 1.82) is 0 Å². The van der Waals surface area contributed by atoms with Crippen molar-refractivity contribution in [1.82, 2.24) is 5.32 Å². The number of carbonyl (C=O) groups excluding carboxylic acids is 1. The Bertz CT molecular complexity index is 408. The fourth-order valence-electron chi connectivity index (χ4n) is 1.35. The van der Waals surface area contributed by atoms with E-state index in [9.17, 15) is 9.59 Å². The first-order valence-electron chi connectivity index (χ1n) is 5.51. The number of aliphatic carboxylic acids is 1. The van der Waals surface area contributed by atoms with E-state index in [-0.39, 0.29) is 6.42 Å². The Morgan fingerprint density at radius 2 is 2.17 bits per heavy atom. The van der Waals surface area contributed by atoms with Gasteiger partial charge in [0.15, 0.2) is 0 Å². The Hall–Kier alpha value is -1.56. The Morgan fingerprint density at radius 3 is 2.61 bits per heavy atom. The van der Waals surface area contributed by atoms with Crippen LogP contribution in [0.5, 0.6) is 0 Å². The number of nitrogens with one attached hydrogen (secondary N) is 1. The molecule has 0 fully saturated rings. The van der Waals surface area contributed by atoms with Crippen LogP contribution in [0.3, 0.4) is 0 Å². The highest BCUT2D eigenvalue weighted by atomic mass is 32.1. The summed E-state index contributed by atoms with van der Waals surface area (Å²) < 4.78 is 5.11. The Balaban J connectivity index is 2.68. The second kappa shape index (κ2) is 5.86. The van der Waals surface area contributed by atoms with Gasteiger partial charge >= 0.3 is 12.1 Å². The molecule has 0 aliphatic carbocycles. The Labute approximate surface area is 110 Å². The van der Waals surface area contributed by atoms with E-state index in [1.165, 1.54) is 11.3 Å². The van der Waals surface area contributed by atoms with Gasteiger partial charge in [-0.1, -0.05) is 0 Å². The van der Waals surface area contributed by atoms with Gasteiger partial charge in [-0.05, 0) is 43.2 Å². The molecule has 0 unspecified atom stereocenters. The molecule has 0 saturated carbocycles. The van der Waals surface area contributed by atoms with Gasteiger partial charge in [0.05, 0.1) is 12.5 Å². The van der Waals surface area contributed by atoms with Crippen LogP contribution in [0, 0.1) is 0 Å². The van der Waals surface area contributed by atoms with E-state index in [4.69, 9.17) is 9.84 Å². The van der Waals surface area contributed by atoms with Crippen molar-refractivity contribution in [3.8, 4) is 0 Å². The molecule has 18 heavy (non-hydrogen) atoms. The smallest absolute Gasteiger partial charge is 0.408 e.